The van der Waals surface area contributed by atoms with Crippen LogP contribution < -0.4 is 5.32 Å². The quantitative estimate of drug-likeness (QED) is 0.528. The Balaban J connectivity index is 1.43. The van der Waals surface area contributed by atoms with Gasteiger partial charge in [-0.3, -0.25) is 19.4 Å². The van der Waals surface area contributed by atoms with Crippen LogP contribution in [0.25, 0.3) is 0 Å². The molecular weight excluding hydrogens is 356 g/mol. The average Bonchev–Trinajstić information content (AvgIpc) is 3.04. The van der Waals surface area contributed by atoms with Gasteiger partial charge in [-0.15, -0.1) is 0 Å². The lowest BCUT2D eigenvalue weighted by molar-refractivity contribution is -0.139. The standard InChI is InChI=1S/C19H34N8O/c1-4-20-19(24(2)14-17-22-15-23-25(17)3)21-8-9-26-10-12-27(13-11-26)18(28)16-6-5-7-16/h15-16H,4-14H2,1-3H3,(H,20,21). The lowest BCUT2D eigenvalue weighted by Crippen LogP contribution is -2.51. The number of aromatic nitrogens is 3. The van der Waals surface area contributed by atoms with E-state index in [9.17, 15) is 4.79 Å². The van der Waals surface area contributed by atoms with Crippen LogP contribution in [-0.4, -0.2) is 94.2 Å². The fraction of sp³-hybridized carbons (Fsp3) is 0.789. The highest BCUT2D eigenvalue weighted by Gasteiger charge is 2.30. The van der Waals surface area contributed by atoms with Gasteiger partial charge in [-0.1, -0.05) is 6.42 Å². The van der Waals surface area contributed by atoms with Crippen molar-refractivity contribution in [2.45, 2.75) is 32.7 Å². The SMILES string of the molecule is CCNC(=NCCN1CCN(C(=O)C2CCC2)CC1)N(C)Cc1ncnn1C. The number of amides is 1. The smallest absolute Gasteiger partial charge is 0.225 e. The lowest BCUT2D eigenvalue weighted by atomic mass is 9.84. The molecule has 2 heterocycles. The largest absolute Gasteiger partial charge is 0.357 e. The number of carbonyl (C=O) groups is 1. The zero-order valence-corrected chi connectivity index (χ0v) is 17.5. The lowest BCUT2D eigenvalue weighted by Gasteiger charge is -2.38. The Kier molecular flexibility index (Phi) is 7.24. The molecule has 0 spiro atoms. The summed E-state index contributed by atoms with van der Waals surface area (Å²) >= 11 is 0. The molecule has 2 aliphatic rings. The van der Waals surface area contributed by atoms with Gasteiger partial charge in [0.1, 0.15) is 12.2 Å². The van der Waals surface area contributed by atoms with Crippen LogP contribution in [0, 0.1) is 5.92 Å². The topological polar surface area (TPSA) is 81.9 Å². The van der Waals surface area contributed by atoms with E-state index in [0.717, 1.165) is 70.4 Å². The molecule has 1 aromatic heterocycles. The average molecular weight is 391 g/mol. The van der Waals surface area contributed by atoms with Gasteiger partial charge in [-0.25, -0.2) is 4.98 Å². The third-order valence-corrected chi connectivity index (χ3v) is 5.70. The van der Waals surface area contributed by atoms with Crippen LogP contribution in [0.5, 0.6) is 0 Å². The molecule has 156 valence electrons. The van der Waals surface area contributed by atoms with Crippen molar-refractivity contribution in [2.24, 2.45) is 18.0 Å². The van der Waals surface area contributed by atoms with E-state index in [4.69, 9.17) is 4.99 Å². The van der Waals surface area contributed by atoms with Crippen LogP contribution in [0.15, 0.2) is 11.3 Å². The first-order valence-corrected chi connectivity index (χ1v) is 10.4. The summed E-state index contributed by atoms with van der Waals surface area (Å²) in [5.41, 5.74) is 0. The Bertz CT molecular complexity index is 661. The molecule has 0 aromatic carbocycles. The molecule has 1 amide bonds. The second-order valence-electron chi connectivity index (χ2n) is 7.69. The highest BCUT2D eigenvalue weighted by Crippen LogP contribution is 2.28. The number of aliphatic imine (C=N–C) groups is 1. The molecule has 1 saturated heterocycles. The number of rotatable bonds is 7. The van der Waals surface area contributed by atoms with E-state index in [0.29, 0.717) is 18.4 Å². The van der Waals surface area contributed by atoms with Gasteiger partial charge in [0.05, 0.1) is 13.1 Å². The van der Waals surface area contributed by atoms with Gasteiger partial charge in [0.2, 0.25) is 5.91 Å². The summed E-state index contributed by atoms with van der Waals surface area (Å²) in [7, 11) is 3.91. The number of piperazine rings is 1. The summed E-state index contributed by atoms with van der Waals surface area (Å²) in [4.78, 5) is 27.9. The van der Waals surface area contributed by atoms with Crippen molar-refractivity contribution in [3.63, 3.8) is 0 Å². The molecule has 3 rings (SSSR count). The van der Waals surface area contributed by atoms with Crippen LogP contribution in [0.1, 0.15) is 32.0 Å². The highest BCUT2D eigenvalue weighted by molar-refractivity contribution is 5.80. The first-order valence-electron chi connectivity index (χ1n) is 10.4. The van der Waals surface area contributed by atoms with Gasteiger partial charge in [-0.05, 0) is 19.8 Å². The molecule has 1 aliphatic carbocycles. The molecule has 28 heavy (non-hydrogen) atoms. The minimum absolute atomic E-state index is 0.309. The van der Waals surface area contributed by atoms with E-state index >= 15 is 0 Å². The molecule has 9 nitrogen and oxygen atoms in total. The van der Waals surface area contributed by atoms with Crippen molar-refractivity contribution in [1.29, 1.82) is 0 Å². The maximum Gasteiger partial charge on any atom is 0.225 e. The molecule has 0 radical (unpaired) electrons. The second kappa shape index (κ2) is 9.86. The Labute approximate surface area is 167 Å². The van der Waals surface area contributed by atoms with Gasteiger partial charge in [0, 0.05) is 59.3 Å². The summed E-state index contributed by atoms with van der Waals surface area (Å²) < 4.78 is 1.78. The first kappa shape index (κ1) is 20.6. The summed E-state index contributed by atoms with van der Waals surface area (Å²) in [6, 6.07) is 0. The van der Waals surface area contributed by atoms with E-state index in [1.807, 2.05) is 14.1 Å². The van der Waals surface area contributed by atoms with Crippen molar-refractivity contribution in [3.05, 3.63) is 12.2 Å². The normalized spacial score (nSPS) is 18.8. The van der Waals surface area contributed by atoms with Gasteiger partial charge in [0.15, 0.2) is 5.96 Å². The van der Waals surface area contributed by atoms with Crippen LogP contribution in [0.2, 0.25) is 0 Å². The monoisotopic (exact) mass is 390 g/mol. The predicted octanol–water partition coefficient (Wildman–Crippen LogP) is 0.157. The number of hydrogen-bond donors (Lipinski definition) is 1. The Morgan fingerprint density at radius 1 is 1.32 bits per heavy atom. The summed E-state index contributed by atoms with van der Waals surface area (Å²) in [5, 5.41) is 7.47. The van der Waals surface area contributed by atoms with Gasteiger partial charge in [-0.2, -0.15) is 5.10 Å². The third kappa shape index (κ3) is 5.21. The molecule has 1 aliphatic heterocycles. The maximum atomic E-state index is 12.4. The second-order valence-corrected chi connectivity index (χ2v) is 7.69. The van der Waals surface area contributed by atoms with Crippen LogP contribution >= 0.6 is 0 Å². The fourth-order valence-corrected chi connectivity index (χ4v) is 3.62. The summed E-state index contributed by atoms with van der Waals surface area (Å²) in [6.07, 6.45) is 4.96. The maximum absolute atomic E-state index is 12.4. The minimum atomic E-state index is 0.309. The Morgan fingerprint density at radius 3 is 2.64 bits per heavy atom. The van der Waals surface area contributed by atoms with Crippen LogP contribution in [0.4, 0.5) is 0 Å². The van der Waals surface area contributed by atoms with Crippen LogP contribution in [-0.2, 0) is 18.4 Å². The van der Waals surface area contributed by atoms with Crippen molar-refractivity contribution in [2.75, 3.05) is 52.9 Å². The molecule has 0 unspecified atom stereocenters. The van der Waals surface area contributed by atoms with E-state index in [2.05, 4.69) is 37.0 Å². The number of hydrogen-bond acceptors (Lipinski definition) is 5. The number of aryl methyl sites for hydroxylation is 1. The minimum Gasteiger partial charge on any atom is -0.357 e. The van der Waals surface area contributed by atoms with Crippen molar-refractivity contribution < 1.29 is 4.79 Å². The van der Waals surface area contributed by atoms with Gasteiger partial charge in [0.25, 0.3) is 0 Å². The molecule has 2 fully saturated rings. The van der Waals surface area contributed by atoms with Crippen LogP contribution in [0.3, 0.4) is 0 Å². The van der Waals surface area contributed by atoms with Gasteiger partial charge >= 0.3 is 0 Å². The Hall–Kier alpha value is -2.16. The predicted molar refractivity (Wildman–Crippen MR) is 109 cm³/mol. The summed E-state index contributed by atoms with van der Waals surface area (Å²) in [6.45, 7) is 8.80. The number of guanidine groups is 1. The molecule has 0 atom stereocenters. The zero-order valence-electron chi connectivity index (χ0n) is 17.5. The van der Waals surface area contributed by atoms with E-state index in [-0.39, 0.29) is 0 Å². The zero-order chi connectivity index (χ0) is 19.9. The van der Waals surface area contributed by atoms with E-state index < -0.39 is 0 Å². The number of nitrogens with one attached hydrogen (secondary N) is 1. The molecule has 1 saturated carbocycles. The number of nitrogens with zero attached hydrogens (tertiary/aromatic N) is 7. The molecular formula is C19H34N8O. The van der Waals surface area contributed by atoms with E-state index in [1.165, 1.54) is 6.42 Å². The highest BCUT2D eigenvalue weighted by atomic mass is 16.2. The number of carbonyl (C=O) groups excluding carboxylic acids is 1. The van der Waals surface area contributed by atoms with Gasteiger partial charge < -0.3 is 15.1 Å². The summed E-state index contributed by atoms with van der Waals surface area (Å²) in [5.74, 6) is 2.47. The fourth-order valence-electron chi connectivity index (χ4n) is 3.62. The molecule has 1 aromatic rings. The van der Waals surface area contributed by atoms with Crippen molar-refractivity contribution in [3.8, 4) is 0 Å². The first-order chi connectivity index (χ1) is 13.6. The van der Waals surface area contributed by atoms with Crippen molar-refractivity contribution in [1.82, 2.24) is 34.8 Å². The molecule has 1 N–H and O–H groups in total. The van der Waals surface area contributed by atoms with Crippen molar-refractivity contribution >= 4 is 11.9 Å². The third-order valence-electron chi connectivity index (χ3n) is 5.70. The molecule has 0 bridgehead atoms. The Morgan fingerprint density at radius 2 is 2.07 bits per heavy atom. The molecule has 9 heteroatoms. The van der Waals surface area contributed by atoms with E-state index in [1.54, 1.807) is 11.0 Å².